The van der Waals surface area contributed by atoms with Crippen molar-refractivity contribution in [2.45, 2.75) is 25.8 Å². The zero-order valence-electron chi connectivity index (χ0n) is 19.3. The molecule has 1 atom stereocenters. The number of aromatic nitrogens is 1. The van der Waals surface area contributed by atoms with E-state index in [0.717, 1.165) is 0 Å². The lowest BCUT2D eigenvalue weighted by Crippen LogP contribution is -2.27. The molecule has 1 unspecified atom stereocenters. The summed E-state index contributed by atoms with van der Waals surface area (Å²) < 4.78 is 48.8. The van der Waals surface area contributed by atoms with Crippen LogP contribution < -0.4 is 5.32 Å². The molecule has 0 bridgehead atoms. The molecule has 11 heteroatoms. The molecule has 0 saturated heterocycles. The first kappa shape index (κ1) is 26.2. The Hall–Kier alpha value is -3.41. The number of furan rings is 1. The molecular formula is C24H25FN3O6S-. The summed E-state index contributed by atoms with van der Waals surface area (Å²) >= 11 is -2.54. The first-order valence-corrected chi connectivity index (χ1v) is 11.8. The van der Waals surface area contributed by atoms with Gasteiger partial charge in [-0.2, -0.15) is 0 Å². The number of rotatable bonds is 11. The SMILES string of the molecule is C=Cc1cc2c(C(=O)NC)c(-c3ccc(F)cc3)oc2nc1CN(CCCCC(=O)OC)S(=O)[O-]. The first-order valence-electron chi connectivity index (χ1n) is 10.8. The molecule has 186 valence electrons. The van der Waals surface area contributed by atoms with Gasteiger partial charge in [0.15, 0.2) is 0 Å². The van der Waals surface area contributed by atoms with E-state index in [4.69, 9.17) is 4.42 Å². The lowest BCUT2D eigenvalue weighted by molar-refractivity contribution is -0.140. The number of methoxy groups -OCH3 is 1. The van der Waals surface area contributed by atoms with Crippen LogP contribution in [0.4, 0.5) is 4.39 Å². The third-order valence-electron chi connectivity index (χ3n) is 5.38. The second-order valence-corrected chi connectivity index (χ2v) is 8.54. The number of amides is 1. The number of nitrogens with one attached hydrogen (secondary N) is 1. The number of nitrogens with zero attached hydrogens (tertiary/aromatic N) is 2. The van der Waals surface area contributed by atoms with Gasteiger partial charge in [0.25, 0.3) is 5.91 Å². The van der Waals surface area contributed by atoms with Crippen molar-refractivity contribution >= 4 is 40.3 Å². The average Bonchev–Trinajstić information content (AvgIpc) is 3.22. The number of hydrogen-bond donors (Lipinski definition) is 1. The molecule has 35 heavy (non-hydrogen) atoms. The lowest BCUT2D eigenvalue weighted by Gasteiger charge is -2.24. The van der Waals surface area contributed by atoms with Crippen molar-refractivity contribution in [3.8, 4) is 11.3 Å². The maximum atomic E-state index is 13.4. The molecule has 0 spiro atoms. The van der Waals surface area contributed by atoms with Crippen LogP contribution in [-0.2, 0) is 27.3 Å². The fourth-order valence-corrected chi connectivity index (χ4v) is 4.07. The number of unbranched alkanes of at least 4 members (excludes halogenated alkanes) is 1. The molecule has 1 N–H and O–H groups in total. The second-order valence-electron chi connectivity index (χ2n) is 7.59. The smallest absolute Gasteiger partial charge is 0.305 e. The number of hydrogen-bond acceptors (Lipinski definition) is 7. The number of fused-ring (bicyclic) bond motifs is 1. The Morgan fingerprint density at radius 3 is 2.63 bits per heavy atom. The van der Waals surface area contributed by atoms with Crippen LogP contribution in [0, 0.1) is 5.82 Å². The van der Waals surface area contributed by atoms with E-state index in [1.54, 1.807) is 6.07 Å². The average molecular weight is 503 g/mol. The van der Waals surface area contributed by atoms with Gasteiger partial charge in [0, 0.05) is 36.8 Å². The monoisotopic (exact) mass is 502 g/mol. The Balaban J connectivity index is 1.98. The standard InChI is InChI=1S/C24H26FN3O6S/c1-4-15-13-18-21(23(30)26-2)22(16-8-10-17(25)11-9-16)34-24(18)27-19(15)14-28(35(31)32)12-6-5-7-20(29)33-3/h4,8-11,13H,1,5-7,12,14H2,2-3H3,(H,26,30)(H,31,32)/p-1. The van der Waals surface area contributed by atoms with Crippen molar-refractivity contribution in [1.82, 2.24) is 14.6 Å². The Labute approximate surface area is 204 Å². The molecule has 9 nitrogen and oxygen atoms in total. The fourth-order valence-electron chi connectivity index (χ4n) is 3.57. The topological polar surface area (TPSA) is 125 Å². The summed E-state index contributed by atoms with van der Waals surface area (Å²) in [6.07, 6.45) is 2.63. The molecule has 2 heterocycles. The molecule has 0 radical (unpaired) electrons. The zero-order chi connectivity index (χ0) is 25.5. The highest BCUT2D eigenvalue weighted by Gasteiger charge is 2.24. The molecule has 0 aliphatic carbocycles. The van der Waals surface area contributed by atoms with Crippen LogP contribution in [0.15, 0.2) is 41.3 Å². The zero-order valence-corrected chi connectivity index (χ0v) is 20.2. The predicted octanol–water partition coefficient (Wildman–Crippen LogP) is 3.58. The van der Waals surface area contributed by atoms with Crippen LogP contribution >= 0.6 is 0 Å². The maximum absolute atomic E-state index is 13.4. The Kier molecular flexibility index (Phi) is 8.85. The second kappa shape index (κ2) is 11.8. The number of carbonyl (C=O) groups excluding carboxylic acids is 2. The molecule has 3 aromatic rings. The van der Waals surface area contributed by atoms with Gasteiger partial charge in [0.2, 0.25) is 5.71 Å². The third-order valence-corrected chi connectivity index (χ3v) is 6.11. The highest BCUT2D eigenvalue weighted by Crippen LogP contribution is 2.34. The largest absolute Gasteiger partial charge is 0.760 e. The van der Waals surface area contributed by atoms with E-state index >= 15 is 0 Å². The summed E-state index contributed by atoms with van der Waals surface area (Å²) in [6, 6.07) is 7.16. The van der Waals surface area contributed by atoms with E-state index < -0.39 is 23.0 Å². The highest BCUT2D eigenvalue weighted by atomic mass is 32.2. The Morgan fingerprint density at radius 2 is 2.03 bits per heavy atom. The van der Waals surface area contributed by atoms with Gasteiger partial charge in [0.05, 0.1) is 30.3 Å². The number of halogens is 1. The minimum Gasteiger partial charge on any atom is -0.760 e. The Morgan fingerprint density at radius 1 is 1.31 bits per heavy atom. The quantitative estimate of drug-likeness (QED) is 0.241. The van der Waals surface area contributed by atoms with Crippen LogP contribution in [0.3, 0.4) is 0 Å². The van der Waals surface area contributed by atoms with Gasteiger partial charge >= 0.3 is 5.97 Å². The van der Waals surface area contributed by atoms with Crippen molar-refractivity contribution in [2.24, 2.45) is 0 Å². The number of esters is 1. The summed E-state index contributed by atoms with van der Waals surface area (Å²) in [5.74, 6) is -0.993. The van der Waals surface area contributed by atoms with Crippen molar-refractivity contribution in [2.75, 3.05) is 20.7 Å². The Bertz CT molecular complexity index is 1260. The van der Waals surface area contributed by atoms with Crippen LogP contribution in [0.5, 0.6) is 0 Å². The normalized spacial score (nSPS) is 12.0. The molecule has 0 aliphatic rings. The molecular weight excluding hydrogens is 477 g/mol. The summed E-state index contributed by atoms with van der Waals surface area (Å²) in [4.78, 5) is 28.5. The first-order chi connectivity index (χ1) is 16.8. The molecule has 3 rings (SSSR count). The van der Waals surface area contributed by atoms with Gasteiger partial charge in [-0.15, -0.1) is 0 Å². The number of ether oxygens (including phenoxy) is 1. The van der Waals surface area contributed by atoms with Gasteiger partial charge in [-0.1, -0.05) is 12.7 Å². The van der Waals surface area contributed by atoms with Crippen LogP contribution in [-0.4, -0.2) is 50.6 Å². The maximum Gasteiger partial charge on any atom is 0.305 e. The van der Waals surface area contributed by atoms with Crippen molar-refractivity contribution < 1.29 is 31.9 Å². The predicted molar refractivity (Wildman–Crippen MR) is 128 cm³/mol. The minimum absolute atomic E-state index is 0.0620. The van der Waals surface area contributed by atoms with E-state index in [1.165, 1.54) is 48.8 Å². The fraction of sp³-hybridized carbons (Fsp3) is 0.292. The number of benzene rings is 1. The third kappa shape index (κ3) is 6.18. The molecule has 0 saturated carbocycles. The summed E-state index contributed by atoms with van der Waals surface area (Å²) in [7, 11) is 2.78. The molecule has 2 aromatic heterocycles. The van der Waals surface area contributed by atoms with Crippen LogP contribution in [0.1, 0.15) is 40.9 Å². The van der Waals surface area contributed by atoms with E-state index in [9.17, 15) is 22.7 Å². The van der Waals surface area contributed by atoms with E-state index in [0.29, 0.717) is 35.0 Å². The number of pyridine rings is 1. The molecule has 0 aliphatic heterocycles. The number of carbonyl (C=O) groups is 2. The van der Waals surface area contributed by atoms with Gasteiger partial charge in [0.1, 0.15) is 11.6 Å². The van der Waals surface area contributed by atoms with E-state index in [-0.39, 0.29) is 42.5 Å². The highest BCUT2D eigenvalue weighted by molar-refractivity contribution is 7.76. The van der Waals surface area contributed by atoms with Crippen LogP contribution in [0.2, 0.25) is 0 Å². The van der Waals surface area contributed by atoms with Crippen LogP contribution in [0.25, 0.3) is 28.5 Å². The van der Waals surface area contributed by atoms with Crippen molar-refractivity contribution in [3.05, 3.63) is 59.5 Å². The van der Waals surface area contributed by atoms with E-state index in [2.05, 4.69) is 21.6 Å². The molecule has 0 fully saturated rings. The van der Waals surface area contributed by atoms with Crippen molar-refractivity contribution in [3.63, 3.8) is 0 Å². The molecule has 1 aromatic carbocycles. The minimum atomic E-state index is -2.54. The summed E-state index contributed by atoms with van der Waals surface area (Å²) in [6.45, 7) is 3.90. The van der Waals surface area contributed by atoms with Gasteiger partial charge in [-0.3, -0.25) is 13.8 Å². The van der Waals surface area contributed by atoms with E-state index in [1.807, 2.05) is 0 Å². The van der Waals surface area contributed by atoms with Gasteiger partial charge in [-0.25, -0.2) is 13.7 Å². The van der Waals surface area contributed by atoms with Gasteiger partial charge in [-0.05, 0) is 48.7 Å². The summed E-state index contributed by atoms with van der Waals surface area (Å²) in [5, 5.41) is 2.98. The van der Waals surface area contributed by atoms with Crippen molar-refractivity contribution in [1.29, 1.82) is 0 Å². The summed E-state index contributed by atoms with van der Waals surface area (Å²) in [5.41, 5.74) is 1.75. The van der Waals surface area contributed by atoms with Gasteiger partial charge < -0.3 is 19.0 Å². The molecule has 1 amide bonds. The lowest BCUT2D eigenvalue weighted by atomic mass is 10.0.